The van der Waals surface area contributed by atoms with Gasteiger partial charge in [0.2, 0.25) is 0 Å². The summed E-state index contributed by atoms with van der Waals surface area (Å²) in [6, 6.07) is 16.0. The van der Waals surface area contributed by atoms with E-state index in [1.54, 1.807) is 0 Å². The number of halogens is 2. The number of hydrogen-bond donors (Lipinski definition) is 2. The van der Waals surface area contributed by atoms with Gasteiger partial charge in [-0.3, -0.25) is 0 Å². The Kier molecular flexibility index (Phi) is 4.42. The molecule has 0 aliphatic carbocycles. The van der Waals surface area contributed by atoms with Crippen LogP contribution in [0.1, 0.15) is 18.5 Å². The first kappa shape index (κ1) is 15.9. The number of carbonyl (C=O) groups excluding carboxylic acids is 1. The normalized spacial score (nSPS) is 12.0. The first-order valence-electron chi connectivity index (χ1n) is 7.54. The molecule has 0 aromatic heterocycles. The summed E-state index contributed by atoms with van der Waals surface area (Å²) in [5.41, 5.74) is 0.864. The van der Waals surface area contributed by atoms with Gasteiger partial charge < -0.3 is 10.6 Å². The van der Waals surface area contributed by atoms with Crippen molar-refractivity contribution in [2.24, 2.45) is 0 Å². The van der Waals surface area contributed by atoms with Crippen molar-refractivity contribution in [2.45, 2.75) is 13.0 Å². The first-order chi connectivity index (χ1) is 11.5. The number of urea groups is 1. The van der Waals surface area contributed by atoms with Gasteiger partial charge in [0, 0.05) is 6.07 Å². The smallest absolute Gasteiger partial charge is 0.319 e. The molecule has 1 unspecified atom stereocenters. The Hall–Kier alpha value is -2.95. The Morgan fingerprint density at radius 3 is 2.46 bits per heavy atom. The van der Waals surface area contributed by atoms with Gasteiger partial charge >= 0.3 is 6.03 Å². The van der Waals surface area contributed by atoms with E-state index in [4.69, 9.17) is 0 Å². The van der Waals surface area contributed by atoms with Crippen molar-refractivity contribution in [3.05, 3.63) is 77.9 Å². The average Bonchev–Trinajstić information content (AvgIpc) is 2.57. The summed E-state index contributed by atoms with van der Waals surface area (Å²) in [4.78, 5) is 12.0. The molecule has 5 heteroatoms. The third-order valence-corrected chi connectivity index (χ3v) is 3.80. The van der Waals surface area contributed by atoms with Crippen LogP contribution in [-0.4, -0.2) is 6.03 Å². The molecule has 3 nitrogen and oxygen atoms in total. The number of fused-ring (bicyclic) bond motifs is 1. The molecule has 0 aliphatic rings. The molecule has 0 saturated heterocycles. The van der Waals surface area contributed by atoms with Crippen LogP contribution in [0.4, 0.5) is 19.3 Å². The van der Waals surface area contributed by atoms with E-state index in [-0.39, 0.29) is 11.7 Å². The number of carbonyl (C=O) groups is 1. The molecule has 3 aromatic carbocycles. The number of benzene rings is 3. The quantitative estimate of drug-likeness (QED) is 0.698. The largest absolute Gasteiger partial charge is 0.331 e. The van der Waals surface area contributed by atoms with E-state index in [9.17, 15) is 13.6 Å². The van der Waals surface area contributed by atoms with Gasteiger partial charge in [0.25, 0.3) is 0 Å². The van der Waals surface area contributed by atoms with E-state index >= 15 is 0 Å². The highest BCUT2D eigenvalue weighted by Crippen LogP contribution is 2.21. The first-order valence-corrected chi connectivity index (χ1v) is 7.54. The second kappa shape index (κ2) is 6.66. The Balaban J connectivity index is 1.70. The van der Waals surface area contributed by atoms with Crippen LogP contribution in [0.15, 0.2) is 60.7 Å². The van der Waals surface area contributed by atoms with Gasteiger partial charge in [-0.1, -0.05) is 36.4 Å². The monoisotopic (exact) mass is 326 g/mol. The zero-order valence-electron chi connectivity index (χ0n) is 13.0. The summed E-state index contributed by atoms with van der Waals surface area (Å²) < 4.78 is 26.4. The zero-order valence-corrected chi connectivity index (χ0v) is 13.0. The third-order valence-electron chi connectivity index (χ3n) is 3.80. The summed E-state index contributed by atoms with van der Waals surface area (Å²) in [6.45, 7) is 1.84. The van der Waals surface area contributed by atoms with E-state index < -0.39 is 17.7 Å². The van der Waals surface area contributed by atoms with Gasteiger partial charge in [0.1, 0.15) is 11.6 Å². The number of rotatable bonds is 3. The summed E-state index contributed by atoms with van der Waals surface area (Å²) in [6.07, 6.45) is 0. The van der Waals surface area contributed by atoms with Crippen molar-refractivity contribution in [1.82, 2.24) is 5.32 Å². The van der Waals surface area contributed by atoms with Crippen LogP contribution in [0.3, 0.4) is 0 Å². The Labute approximate surface area is 138 Å². The number of anilines is 1. The Morgan fingerprint density at radius 1 is 0.958 bits per heavy atom. The average molecular weight is 326 g/mol. The van der Waals surface area contributed by atoms with Gasteiger partial charge in [-0.2, -0.15) is 0 Å². The molecule has 3 aromatic rings. The van der Waals surface area contributed by atoms with E-state index in [0.717, 1.165) is 28.5 Å². The molecule has 0 radical (unpaired) electrons. The number of nitrogens with one attached hydrogen (secondary N) is 2. The maximum Gasteiger partial charge on any atom is 0.319 e. The van der Waals surface area contributed by atoms with Crippen LogP contribution < -0.4 is 10.6 Å². The van der Waals surface area contributed by atoms with Crippen molar-refractivity contribution in [1.29, 1.82) is 0 Å². The molecule has 2 N–H and O–H groups in total. The molecule has 0 bridgehead atoms. The van der Waals surface area contributed by atoms with Crippen LogP contribution in [0.2, 0.25) is 0 Å². The highest BCUT2D eigenvalue weighted by molar-refractivity contribution is 5.90. The number of amides is 2. The van der Waals surface area contributed by atoms with Crippen LogP contribution >= 0.6 is 0 Å². The Bertz CT molecular complexity index is 895. The van der Waals surface area contributed by atoms with Crippen LogP contribution in [0.5, 0.6) is 0 Å². The lowest BCUT2D eigenvalue weighted by Crippen LogP contribution is -2.31. The van der Waals surface area contributed by atoms with Gasteiger partial charge in [-0.15, -0.1) is 0 Å². The molecule has 24 heavy (non-hydrogen) atoms. The molecular formula is C19H16F2N2O. The molecule has 0 heterocycles. The van der Waals surface area contributed by atoms with Gasteiger partial charge in [-0.05, 0) is 41.5 Å². The third kappa shape index (κ3) is 3.51. The van der Waals surface area contributed by atoms with Crippen LogP contribution in [0, 0.1) is 11.6 Å². The minimum atomic E-state index is -0.816. The highest BCUT2D eigenvalue weighted by atomic mass is 19.1. The minimum Gasteiger partial charge on any atom is -0.331 e. The van der Waals surface area contributed by atoms with Crippen LogP contribution in [-0.2, 0) is 0 Å². The van der Waals surface area contributed by atoms with Crippen LogP contribution in [0.25, 0.3) is 10.8 Å². The SMILES string of the molecule is CC(NC(=O)Nc1ccc(F)cc1F)c1ccc2ccccc2c1. The Morgan fingerprint density at radius 2 is 1.71 bits per heavy atom. The lowest BCUT2D eigenvalue weighted by molar-refractivity contribution is 0.249. The van der Waals surface area contributed by atoms with E-state index in [0.29, 0.717) is 0 Å². The fourth-order valence-electron chi connectivity index (χ4n) is 2.51. The molecule has 1 atom stereocenters. The summed E-state index contributed by atoms with van der Waals surface area (Å²) in [7, 11) is 0. The van der Waals surface area contributed by atoms with Crippen molar-refractivity contribution < 1.29 is 13.6 Å². The van der Waals surface area contributed by atoms with E-state index in [1.807, 2.05) is 49.4 Å². The van der Waals surface area contributed by atoms with Crippen molar-refractivity contribution in [3.8, 4) is 0 Å². The standard InChI is InChI=1S/C19H16F2N2O/c1-12(14-7-6-13-4-2-3-5-15(13)10-14)22-19(24)23-18-9-8-16(20)11-17(18)21/h2-12H,1H3,(H2,22,23,24). The second-order valence-electron chi connectivity index (χ2n) is 5.55. The van der Waals surface area contributed by atoms with Gasteiger partial charge in [-0.25, -0.2) is 13.6 Å². The molecule has 0 fully saturated rings. The highest BCUT2D eigenvalue weighted by Gasteiger charge is 2.12. The summed E-state index contributed by atoms with van der Waals surface area (Å²) in [5, 5.41) is 7.32. The predicted octanol–water partition coefficient (Wildman–Crippen LogP) is 5.00. The molecule has 0 aliphatic heterocycles. The summed E-state index contributed by atoms with van der Waals surface area (Å²) in [5.74, 6) is -1.51. The number of hydrogen-bond acceptors (Lipinski definition) is 1. The maximum absolute atomic E-state index is 13.6. The molecule has 0 spiro atoms. The zero-order chi connectivity index (χ0) is 17.1. The van der Waals surface area contributed by atoms with Gasteiger partial charge in [0.05, 0.1) is 11.7 Å². The fourth-order valence-corrected chi connectivity index (χ4v) is 2.51. The maximum atomic E-state index is 13.6. The molecular weight excluding hydrogens is 310 g/mol. The van der Waals surface area contributed by atoms with E-state index in [1.165, 1.54) is 6.07 Å². The lowest BCUT2D eigenvalue weighted by atomic mass is 10.0. The second-order valence-corrected chi connectivity index (χ2v) is 5.55. The van der Waals surface area contributed by atoms with Crippen molar-refractivity contribution >= 4 is 22.5 Å². The predicted molar refractivity (Wildman–Crippen MR) is 90.9 cm³/mol. The van der Waals surface area contributed by atoms with Crippen molar-refractivity contribution in [2.75, 3.05) is 5.32 Å². The molecule has 3 rings (SSSR count). The minimum absolute atomic E-state index is 0.0698. The van der Waals surface area contributed by atoms with Gasteiger partial charge in [0.15, 0.2) is 0 Å². The molecule has 122 valence electrons. The molecule has 0 saturated carbocycles. The lowest BCUT2D eigenvalue weighted by Gasteiger charge is -2.16. The topological polar surface area (TPSA) is 41.1 Å². The van der Waals surface area contributed by atoms with E-state index in [2.05, 4.69) is 10.6 Å². The molecule has 2 amide bonds. The van der Waals surface area contributed by atoms with Crippen molar-refractivity contribution in [3.63, 3.8) is 0 Å². The fraction of sp³-hybridized carbons (Fsp3) is 0.105. The summed E-state index contributed by atoms with van der Waals surface area (Å²) >= 11 is 0.